The fourth-order valence-corrected chi connectivity index (χ4v) is 3.77. The lowest BCUT2D eigenvalue weighted by atomic mass is 10.1. The van der Waals surface area contributed by atoms with E-state index in [1.54, 1.807) is 12.1 Å². The maximum Gasteiger partial charge on any atom is 0.263 e. The molecule has 3 aromatic rings. The Morgan fingerprint density at radius 1 is 1.00 bits per heavy atom. The molecule has 0 spiro atoms. The van der Waals surface area contributed by atoms with E-state index in [-0.39, 0.29) is 18.4 Å². The summed E-state index contributed by atoms with van der Waals surface area (Å²) in [6, 6.07) is 13.5. The molecule has 0 N–H and O–H groups in total. The van der Waals surface area contributed by atoms with Crippen LogP contribution in [0, 0.1) is 6.92 Å². The molecule has 9 heteroatoms. The SMILES string of the molecule is CCc1ccc(N2C(=O)[C@H]3N=NN(Cc4nc(-c5ccc(C)cc5)no4)[C@@H]3C2=O)cc1. The van der Waals surface area contributed by atoms with Crippen LogP contribution in [0.1, 0.15) is 23.9 Å². The van der Waals surface area contributed by atoms with Crippen LogP contribution in [-0.4, -0.2) is 39.0 Å². The minimum atomic E-state index is -0.863. The number of anilines is 1. The second-order valence-corrected chi connectivity index (χ2v) is 7.60. The predicted molar refractivity (Wildman–Crippen MR) is 111 cm³/mol. The van der Waals surface area contributed by atoms with E-state index in [1.165, 1.54) is 9.91 Å². The lowest BCUT2D eigenvalue weighted by molar-refractivity contribution is -0.123. The number of carbonyl (C=O) groups excluding carboxylic acids is 2. The van der Waals surface area contributed by atoms with E-state index in [2.05, 4.69) is 20.5 Å². The third-order valence-electron chi connectivity index (χ3n) is 5.54. The van der Waals surface area contributed by atoms with Crippen LogP contribution < -0.4 is 4.90 Å². The summed E-state index contributed by atoms with van der Waals surface area (Å²) in [5.74, 6) is 0.00853. The first-order chi connectivity index (χ1) is 15.0. The van der Waals surface area contributed by atoms with Crippen LogP contribution in [0.25, 0.3) is 11.4 Å². The van der Waals surface area contributed by atoms with Crippen molar-refractivity contribution in [2.75, 3.05) is 4.90 Å². The molecule has 1 saturated heterocycles. The molecule has 2 aliphatic rings. The highest BCUT2D eigenvalue weighted by Gasteiger charge is 2.55. The maximum atomic E-state index is 13.1. The van der Waals surface area contributed by atoms with E-state index in [1.807, 2.05) is 50.2 Å². The van der Waals surface area contributed by atoms with Gasteiger partial charge in [0.2, 0.25) is 11.7 Å². The molecule has 156 valence electrons. The summed E-state index contributed by atoms with van der Waals surface area (Å²) in [6.45, 7) is 4.14. The largest absolute Gasteiger partial charge is 0.337 e. The average Bonchev–Trinajstić information content (AvgIpc) is 3.47. The molecule has 2 aromatic carbocycles. The fraction of sp³-hybridized carbons (Fsp3) is 0.273. The van der Waals surface area contributed by atoms with E-state index in [0.717, 1.165) is 23.1 Å². The van der Waals surface area contributed by atoms with Gasteiger partial charge in [-0.1, -0.05) is 59.3 Å². The lowest BCUT2D eigenvalue weighted by Crippen LogP contribution is -2.39. The fourth-order valence-electron chi connectivity index (χ4n) is 3.77. The van der Waals surface area contributed by atoms with Crippen LogP contribution in [-0.2, 0) is 22.6 Å². The van der Waals surface area contributed by atoms with Crippen LogP contribution in [0.5, 0.6) is 0 Å². The molecule has 31 heavy (non-hydrogen) atoms. The molecule has 2 atom stereocenters. The van der Waals surface area contributed by atoms with E-state index < -0.39 is 12.1 Å². The lowest BCUT2D eigenvalue weighted by Gasteiger charge is -2.19. The monoisotopic (exact) mass is 416 g/mol. The van der Waals surface area contributed by atoms with Crippen LogP contribution >= 0.6 is 0 Å². The number of fused-ring (bicyclic) bond motifs is 1. The molecule has 0 bridgehead atoms. The molecule has 2 aliphatic heterocycles. The maximum absolute atomic E-state index is 13.1. The minimum Gasteiger partial charge on any atom is -0.337 e. The number of amides is 2. The van der Waals surface area contributed by atoms with Gasteiger partial charge in [-0.2, -0.15) is 10.1 Å². The first kappa shape index (κ1) is 19.1. The smallest absolute Gasteiger partial charge is 0.263 e. The van der Waals surface area contributed by atoms with Gasteiger partial charge in [-0.25, -0.2) is 4.90 Å². The Morgan fingerprint density at radius 2 is 1.74 bits per heavy atom. The zero-order valence-electron chi connectivity index (χ0n) is 17.1. The molecule has 9 nitrogen and oxygen atoms in total. The van der Waals surface area contributed by atoms with Gasteiger partial charge in [0.1, 0.15) is 6.54 Å². The number of carbonyl (C=O) groups is 2. The number of hydrogen-bond acceptors (Lipinski definition) is 8. The molecular formula is C22H20N6O3. The van der Waals surface area contributed by atoms with Crippen LogP contribution in [0.15, 0.2) is 63.4 Å². The van der Waals surface area contributed by atoms with Gasteiger partial charge in [0, 0.05) is 5.56 Å². The molecule has 5 rings (SSSR count). The highest BCUT2D eigenvalue weighted by molar-refractivity contribution is 6.25. The minimum absolute atomic E-state index is 0.0885. The summed E-state index contributed by atoms with van der Waals surface area (Å²) < 4.78 is 5.34. The summed E-state index contributed by atoms with van der Waals surface area (Å²) in [7, 11) is 0. The van der Waals surface area contributed by atoms with Crippen molar-refractivity contribution < 1.29 is 14.1 Å². The molecule has 1 fully saturated rings. The third-order valence-corrected chi connectivity index (χ3v) is 5.54. The number of benzene rings is 2. The Kier molecular flexibility index (Phi) is 4.58. The zero-order valence-corrected chi connectivity index (χ0v) is 17.1. The summed E-state index contributed by atoms with van der Waals surface area (Å²) in [6.07, 6.45) is 0.879. The van der Waals surface area contributed by atoms with Gasteiger partial charge in [-0.15, -0.1) is 0 Å². The Balaban J connectivity index is 1.34. The Labute approximate surface area is 178 Å². The van der Waals surface area contributed by atoms with Crippen molar-refractivity contribution in [1.82, 2.24) is 15.1 Å². The molecule has 1 aromatic heterocycles. The topological polar surface area (TPSA) is 104 Å². The molecule has 0 aliphatic carbocycles. The molecule has 0 unspecified atom stereocenters. The van der Waals surface area contributed by atoms with Crippen molar-refractivity contribution >= 4 is 17.5 Å². The third kappa shape index (κ3) is 3.27. The molecule has 3 heterocycles. The van der Waals surface area contributed by atoms with Crippen LogP contribution in [0.4, 0.5) is 5.69 Å². The zero-order chi connectivity index (χ0) is 21.5. The second-order valence-electron chi connectivity index (χ2n) is 7.60. The average molecular weight is 416 g/mol. The van der Waals surface area contributed by atoms with E-state index in [0.29, 0.717) is 17.4 Å². The number of rotatable bonds is 5. The van der Waals surface area contributed by atoms with Gasteiger partial charge >= 0.3 is 0 Å². The number of aryl methyl sites for hydroxylation is 2. The standard InChI is InChI=1S/C22H20N6O3/c1-3-14-6-10-16(11-7-14)28-21(29)18-19(22(28)30)27(26-24-18)12-17-23-20(25-31-17)15-8-4-13(2)5-9-15/h4-11,18-19H,3,12H2,1-2H3/t18-,19-/m0/s1. The Hall–Kier alpha value is -3.88. The van der Waals surface area contributed by atoms with Crippen LogP contribution in [0.3, 0.4) is 0 Å². The molecular weight excluding hydrogens is 396 g/mol. The van der Waals surface area contributed by atoms with Gasteiger partial charge in [0.05, 0.1) is 5.69 Å². The number of imide groups is 1. The van der Waals surface area contributed by atoms with Crippen molar-refractivity contribution in [2.45, 2.75) is 38.9 Å². The molecule has 0 radical (unpaired) electrons. The van der Waals surface area contributed by atoms with Crippen molar-refractivity contribution in [3.05, 3.63) is 65.5 Å². The van der Waals surface area contributed by atoms with Crippen molar-refractivity contribution in [2.24, 2.45) is 10.3 Å². The summed E-state index contributed by atoms with van der Waals surface area (Å²) in [5.41, 5.74) is 3.63. The quantitative estimate of drug-likeness (QED) is 0.592. The van der Waals surface area contributed by atoms with E-state index >= 15 is 0 Å². The summed E-state index contributed by atoms with van der Waals surface area (Å²) in [4.78, 5) is 31.5. The Morgan fingerprint density at radius 3 is 2.45 bits per heavy atom. The Bertz CT molecular complexity index is 1170. The number of aromatic nitrogens is 2. The first-order valence-electron chi connectivity index (χ1n) is 10.1. The summed E-state index contributed by atoms with van der Waals surface area (Å²) >= 11 is 0. The van der Waals surface area contributed by atoms with Gasteiger partial charge < -0.3 is 4.52 Å². The van der Waals surface area contributed by atoms with E-state index in [4.69, 9.17) is 4.52 Å². The highest BCUT2D eigenvalue weighted by Crippen LogP contribution is 2.33. The van der Waals surface area contributed by atoms with Crippen molar-refractivity contribution in [3.8, 4) is 11.4 Å². The van der Waals surface area contributed by atoms with E-state index in [9.17, 15) is 9.59 Å². The first-order valence-corrected chi connectivity index (χ1v) is 10.1. The molecule has 2 amide bonds. The second kappa shape index (κ2) is 7.42. The predicted octanol–water partition coefficient (Wildman–Crippen LogP) is 3.10. The van der Waals surface area contributed by atoms with Crippen molar-refractivity contribution in [1.29, 1.82) is 0 Å². The van der Waals surface area contributed by atoms with Crippen LogP contribution in [0.2, 0.25) is 0 Å². The van der Waals surface area contributed by atoms with Gasteiger partial charge in [0.15, 0.2) is 12.1 Å². The number of nitrogens with zero attached hydrogens (tertiary/aromatic N) is 6. The number of hydrogen-bond donors (Lipinski definition) is 0. The van der Waals surface area contributed by atoms with Crippen molar-refractivity contribution in [3.63, 3.8) is 0 Å². The normalized spacial score (nSPS) is 20.1. The van der Waals surface area contributed by atoms with Gasteiger partial charge in [-0.3, -0.25) is 14.6 Å². The summed E-state index contributed by atoms with van der Waals surface area (Å²) in [5, 5.41) is 13.5. The molecule has 0 saturated carbocycles. The van der Waals surface area contributed by atoms with Gasteiger partial charge in [0.25, 0.3) is 11.8 Å². The van der Waals surface area contributed by atoms with Gasteiger partial charge in [-0.05, 0) is 31.0 Å². The highest BCUT2D eigenvalue weighted by atomic mass is 16.5.